The van der Waals surface area contributed by atoms with E-state index in [-0.39, 0.29) is 10.6 Å². The molecule has 1 fully saturated rings. The lowest BCUT2D eigenvalue weighted by molar-refractivity contribution is -0.384. The van der Waals surface area contributed by atoms with Gasteiger partial charge in [0.1, 0.15) is 0 Å². The van der Waals surface area contributed by atoms with Gasteiger partial charge in [-0.1, -0.05) is 36.8 Å². The number of H-pyrrole nitrogens is 1. The standard InChI is InChI=1S/C20H21N3O2/c24-23(25)16-9-10-18-17(13-16)20(15-7-3-1-4-8-15)19(21-18)14-22-11-5-2-6-12-22/h1,3-4,7-10,13,21H,2,5-6,11-12,14H2. The van der Waals surface area contributed by atoms with Gasteiger partial charge in [0.25, 0.3) is 5.69 Å². The van der Waals surface area contributed by atoms with Crippen molar-refractivity contribution in [3.05, 3.63) is 64.3 Å². The van der Waals surface area contributed by atoms with E-state index in [2.05, 4.69) is 22.0 Å². The van der Waals surface area contributed by atoms with Crippen LogP contribution < -0.4 is 0 Å². The van der Waals surface area contributed by atoms with Gasteiger partial charge < -0.3 is 4.98 Å². The summed E-state index contributed by atoms with van der Waals surface area (Å²) in [5, 5.41) is 12.1. The maximum absolute atomic E-state index is 11.2. The highest BCUT2D eigenvalue weighted by atomic mass is 16.6. The molecular weight excluding hydrogens is 314 g/mol. The van der Waals surface area contributed by atoms with Gasteiger partial charge in [-0.15, -0.1) is 0 Å². The first-order chi connectivity index (χ1) is 12.2. The molecule has 4 rings (SSSR count). The van der Waals surface area contributed by atoms with Gasteiger partial charge >= 0.3 is 0 Å². The first-order valence-corrected chi connectivity index (χ1v) is 8.79. The highest BCUT2D eigenvalue weighted by Gasteiger charge is 2.19. The number of nitrogens with one attached hydrogen (secondary N) is 1. The summed E-state index contributed by atoms with van der Waals surface area (Å²) in [5.41, 5.74) is 4.42. The minimum absolute atomic E-state index is 0.133. The minimum atomic E-state index is -0.328. The average Bonchev–Trinajstić information content (AvgIpc) is 3.00. The average molecular weight is 335 g/mol. The summed E-state index contributed by atoms with van der Waals surface area (Å²) >= 11 is 0. The number of aromatic amines is 1. The summed E-state index contributed by atoms with van der Waals surface area (Å²) in [6.45, 7) is 3.08. The van der Waals surface area contributed by atoms with Crippen LogP contribution in [0, 0.1) is 10.1 Å². The minimum Gasteiger partial charge on any atom is -0.357 e. The third-order valence-electron chi connectivity index (χ3n) is 4.96. The SMILES string of the molecule is O=[N+]([O-])c1ccc2[nH]c(CN3CCCCC3)c(-c3ccccc3)c2c1. The van der Waals surface area contributed by atoms with E-state index in [1.807, 2.05) is 24.3 Å². The molecule has 3 aromatic rings. The fraction of sp³-hybridized carbons (Fsp3) is 0.300. The van der Waals surface area contributed by atoms with Gasteiger partial charge in [-0.05, 0) is 37.6 Å². The van der Waals surface area contributed by atoms with Crippen molar-refractivity contribution in [2.45, 2.75) is 25.8 Å². The Hall–Kier alpha value is -2.66. The molecule has 1 aromatic heterocycles. The van der Waals surface area contributed by atoms with E-state index >= 15 is 0 Å². The smallest absolute Gasteiger partial charge is 0.270 e. The van der Waals surface area contributed by atoms with E-state index in [9.17, 15) is 10.1 Å². The summed E-state index contributed by atoms with van der Waals surface area (Å²) in [4.78, 5) is 16.9. The van der Waals surface area contributed by atoms with Crippen LogP contribution in [0.25, 0.3) is 22.0 Å². The molecule has 0 atom stereocenters. The van der Waals surface area contributed by atoms with Crippen molar-refractivity contribution in [3.63, 3.8) is 0 Å². The number of non-ortho nitro benzene ring substituents is 1. The van der Waals surface area contributed by atoms with Gasteiger partial charge in [-0.3, -0.25) is 15.0 Å². The lowest BCUT2D eigenvalue weighted by Gasteiger charge is -2.26. The fourth-order valence-electron chi connectivity index (χ4n) is 3.74. The number of hydrogen-bond donors (Lipinski definition) is 1. The van der Waals surface area contributed by atoms with E-state index < -0.39 is 0 Å². The van der Waals surface area contributed by atoms with Gasteiger partial charge in [-0.2, -0.15) is 0 Å². The Balaban J connectivity index is 1.84. The van der Waals surface area contributed by atoms with Crippen LogP contribution in [0.2, 0.25) is 0 Å². The van der Waals surface area contributed by atoms with Crippen LogP contribution in [0.5, 0.6) is 0 Å². The predicted molar refractivity (Wildman–Crippen MR) is 99.5 cm³/mol. The van der Waals surface area contributed by atoms with Crippen molar-refractivity contribution in [3.8, 4) is 11.1 Å². The molecule has 0 radical (unpaired) electrons. The van der Waals surface area contributed by atoms with E-state index in [0.29, 0.717) is 0 Å². The largest absolute Gasteiger partial charge is 0.357 e. The Morgan fingerprint density at radius 3 is 2.52 bits per heavy atom. The van der Waals surface area contributed by atoms with Gasteiger partial charge in [-0.25, -0.2) is 0 Å². The van der Waals surface area contributed by atoms with Crippen molar-refractivity contribution < 1.29 is 4.92 Å². The highest BCUT2D eigenvalue weighted by molar-refractivity contribution is 5.98. The van der Waals surface area contributed by atoms with Crippen LogP contribution in [-0.4, -0.2) is 27.9 Å². The second-order valence-electron chi connectivity index (χ2n) is 6.67. The lowest BCUT2D eigenvalue weighted by Crippen LogP contribution is -2.29. The first-order valence-electron chi connectivity index (χ1n) is 8.79. The van der Waals surface area contributed by atoms with Crippen LogP contribution in [0.1, 0.15) is 25.0 Å². The zero-order valence-electron chi connectivity index (χ0n) is 14.1. The third kappa shape index (κ3) is 3.15. The van der Waals surface area contributed by atoms with Crippen molar-refractivity contribution in [2.24, 2.45) is 0 Å². The molecular formula is C20H21N3O2. The molecule has 1 saturated heterocycles. The molecule has 0 amide bonds. The van der Waals surface area contributed by atoms with Crippen molar-refractivity contribution in [1.82, 2.24) is 9.88 Å². The molecule has 2 heterocycles. The zero-order chi connectivity index (χ0) is 17.2. The third-order valence-corrected chi connectivity index (χ3v) is 4.96. The Kier molecular flexibility index (Phi) is 4.24. The zero-order valence-corrected chi connectivity index (χ0v) is 14.1. The summed E-state index contributed by atoms with van der Waals surface area (Å²) in [6.07, 6.45) is 3.79. The van der Waals surface area contributed by atoms with Crippen LogP contribution in [0.4, 0.5) is 5.69 Å². The summed E-state index contributed by atoms with van der Waals surface area (Å²) in [5.74, 6) is 0. The Morgan fingerprint density at radius 1 is 1.04 bits per heavy atom. The molecule has 0 saturated carbocycles. The topological polar surface area (TPSA) is 62.2 Å². The number of fused-ring (bicyclic) bond motifs is 1. The number of nitro benzene ring substituents is 1. The van der Waals surface area contributed by atoms with Crippen LogP contribution >= 0.6 is 0 Å². The second-order valence-corrected chi connectivity index (χ2v) is 6.67. The van der Waals surface area contributed by atoms with E-state index in [1.54, 1.807) is 12.1 Å². The van der Waals surface area contributed by atoms with Gasteiger partial charge in [0.15, 0.2) is 0 Å². The van der Waals surface area contributed by atoms with E-state index in [4.69, 9.17) is 0 Å². The number of nitro groups is 1. The Bertz CT molecular complexity index is 896. The Labute approximate surface area is 146 Å². The van der Waals surface area contributed by atoms with Crippen LogP contribution in [0.3, 0.4) is 0 Å². The number of benzene rings is 2. The quantitative estimate of drug-likeness (QED) is 0.554. The second kappa shape index (κ2) is 6.69. The molecule has 0 aliphatic carbocycles. The highest BCUT2D eigenvalue weighted by Crippen LogP contribution is 2.35. The summed E-state index contributed by atoms with van der Waals surface area (Å²) in [6, 6.07) is 15.2. The summed E-state index contributed by atoms with van der Waals surface area (Å²) < 4.78 is 0. The van der Waals surface area contributed by atoms with Crippen molar-refractivity contribution in [1.29, 1.82) is 0 Å². The van der Waals surface area contributed by atoms with Gasteiger partial charge in [0.2, 0.25) is 0 Å². The molecule has 128 valence electrons. The normalized spacial score (nSPS) is 15.5. The first kappa shape index (κ1) is 15.8. The van der Waals surface area contributed by atoms with E-state index in [1.165, 1.54) is 19.3 Å². The van der Waals surface area contributed by atoms with Crippen molar-refractivity contribution in [2.75, 3.05) is 13.1 Å². The fourth-order valence-corrected chi connectivity index (χ4v) is 3.74. The lowest BCUT2D eigenvalue weighted by atomic mass is 10.0. The van der Waals surface area contributed by atoms with Gasteiger partial charge in [0.05, 0.1) is 4.92 Å². The van der Waals surface area contributed by atoms with Crippen molar-refractivity contribution >= 4 is 16.6 Å². The monoisotopic (exact) mass is 335 g/mol. The molecule has 0 spiro atoms. The maximum atomic E-state index is 11.2. The van der Waals surface area contributed by atoms with Crippen LogP contribution in [0.15, 0.2) is 48.5 Å². The summed E-state index contributed by atoms with van der Waals surface area (Å²) in [7, 11) is 0. The number of nitrogens with zero attached hydrogens (tertiary/aromatic N) is 2. The number of rotatable bonds is 4. The maximum Gasteiger partial charge on any atom is 0.270 e. The molecule has 5 nitrogen and oxygen atoms in total. The number of hydrogen-bond acceptors (Lipinski definition) is 3. The molecule has 5 heteroatoms. The number of piperidine rings is 1. The molecule has 0 unspecified atom stereocenters. The number of aromatic nitrogens is 1. The molecule has 2 aromatic carbocycles. The van der Waals surface area contributed by atoms with E-state index in [0.717, 1.165) is 47.4 Å². The molecule has 25 heavy (non-hydrogen) atoms. The molecule has 1 N–H and O–H groups in total. The van der Waals surface area contributed by atoms with Crippen LogP contribution in [-0.2, 0) is 6.54 Å². The molecule has 0 bridgehead atoms. The number of likely N-dealkylation sites (tertiary alicyclic amines) is 1. The van der Waals surface area contributed by atoms with Gasteiger partial charge in [0, 0.05) is 40.8 Å². The molecule has 1 aliphatic heterocycles. The predicted octanol–water partition coefficient (Wildman–Crippen LogP) is 4.73. The Morgan fingerprint density at radius 2 is 1.80 bits per heavy atom. The molecule has 1 aliphatic rings.